The molecular formula is C19H23N7O2. The Bertz CT molecular complexity index is 1010. The molecule has 1 aliphatic rings. The highest BCUT2D eigenvalue weighted by Crippen LogP contribution is 2.31. The number of hydrogen-bond acceptors (Lipinski definition) is 8. The molecule has 0 aromatic carbocycles. The summed E-state index contributed by atoms with van der Waals surface area (Å²) >= 11 is 0. The van der Waals surface area contributed by atoms with Crippen molar-refractivity contribution in [1.29, 1.82) is 0 Å². The number of hydrogen-bond donors (Lipinski definition) is 0. The van der Waals surface area contributed by atoms with E-state index in [1.807, 2.05) is 20.0 Å². The van der Waals surface area contributed by atoms with Gasteiger partial charge in [0, 0.05) is 45.6 Å². The fourth-order valence-electron chi connectivity index (χ4n) is 3.56. The lowest BCUT2D eigenvalue weighted by Gasteiger charge is -2.37. The van der Waals surface area contributed by atoms with Crippen LogP contribution in [0.15, 0.2) is 24.7 Å². The number of carbonyl (C=O) groups excluding carboxylic acids is 1. The summed E-state index contributed by atoms with van der Waals surface area (Å²) in [5.74, 6) is 1.33. The van der Waals surface area contributed by atoms with Crippen molar-refractivity contribution < 1.29 is 9.53 Å². The van der Waals surface area contributed by atoms with Crippen LogP contribution in [-0.2, 0) is 11.8 Å². The van der Waals surface area contributed by atoms with Crippen LogP contribution in [0.4, 0.5) is 11.5 Å². The third-order valence-corrected chi connectivity index (χ3v) is 4.91. The number of aryl methyl sites for hydroxylation is 2. The summed E-state index contributed by atoms with van der Waals surface area (Å²) in [5.41, 5.74) is 2.07. The SMILES string of the molecule is CCOC(=O)c1cnc2c(cnn2C)c1N1CCN(c2ccnc(C)n2)CC1. The minimum atomic E-state index is -0.357. The molecule has 0 radical (unpaired) electrons. The topological polar surface area (TPSA) is 89.3 Å². The van der Waals surface area contributed by atoms with Gasteiger partial charge in [-0.25, -0.2) is 19.7 Å². The zero-order chi connectivity index (χ0) is 19.7. The van der Waals surface area contributed by atoms with Crippen molar-refractivity contribution in [2.45, 2.75) is 13.8 Å². The van der Waals surface area contributed by atoms with Gasteiger partial charge in [-0.2, -0.15) is 5.10 Å². The molecule has 146 valence electrons. The Kier molecular flexibility index (Phi) is 4.81. The fraction of sp³-hybridized carbons (Fsp3) is 0.421. The number of rotatable bonds is 4. The summed E-state index contributed by atoms with van der Waals surface area (Å²) in [5, 5.41) is 5.18. The molecule has 0 amide bonds. The lowest BCUT2D eigenvalue weighted by Crippen LogP contribution is -2.47. The molecule has 0 aliphatic carbocycles. The van der Waals surface area contributed by atoms with Crippen LogP contribution in [0.2, 0.25) is 0 Å². The van der Waals surface area contributed by atoms with E-state index in [-0.39, 0.29) is 5.97 Å². The standard InChI is InChI=1S/C19H23N7O2/c1-4-28-19(27)15-11-21-18-14(12-22-24(18)3)17(15)26-9-7-25(8-10-26)16-5-6-20-13(2)23-16/h5-6,11-12H,4,7-10H2,1-3H3. The Morgan fingerprint density at radius 3 is 2.61 bits per heavy atom. The maximum atomic E-state index is 12.5. The molecule has 0 bridgehead atoms. The first-order valence-corrected chi connectivity index (χ1v) is 9.36. The summed E-state index contributed by atoms with van der Waals surface area (Å²) < 4.78 is 6.97. The number of ether oxygens (including phenoxy) is 1. The zero-order valence-corrected chi connectivity index (χ0v) is 16.3. The van der Waals surface area contributed by atoms with Gasteiger partial charge in [-0.05, 0) is 19.9 Å². The predicted octanol–water partition coefficient (Wildman–Crippen LogP) is 1.57. The van der Waals surface area contributed by atoms with E-state index in [2.05, 4.69) is 29.9 Å². The third kappa shape index (κ3) is 3.23. The highest BCUT2D eigenvalue weighted by molar-refractivity contribution is 6.04. The lowest BCUT2D eigenvalue weighted by atomic mass is 10.1. The predicted molar refractivity (Wildman–Crippen MR) is 106 cm³/mol. The maximum Gasteiger partial charge on any atom is 0.341 e. The zero-order valence-electron chi connectivity index (χ0n) is 16.3. The monoisotopic (exact) mass is 381 g/mol. The van der Waals surface area contributed by atoms with Crippen molar-refractivity contribution in [1.82, 2.24) is 24.7 Å². The maximum absolute atomic E-state index is 12.5. The Morgan fingerprint density at radius 1 is 1.14 bits per heavy atom. The van der Waals surface area contributed by atoms with E-state index in [0.29, 0.717) is 12.2 Å². The molecule has 0 atom stereocenters. The first-order chi connectivity index (χ1) is 13.6. The summed E-state index contributed by atoms with van der Waals surface area (Å²) in [4.78, 5) is 30.1. The molecule has 1 saturated heterocycles. The van der Waals surface area contributed by atoms with Crippen LogP contribution in [0, 0.1) is 6.92 Å². The average Bonchev–Trinajstić information content (AvgIpc) is 3.09. The first-order valence-electron chi connectivity index (χ1n) is 9.36. The molecule has 9 nitrogen and oxygen atoms in total. The Labute approximate surface area is 163 Å². The molecular weight excluding hydrogens is 358 g/mol. The molecule has 3 aromatic rings. The van der Waals surface area contributed by atoms with Crippen LogP contribution in [0.3, 0.4) is 0 Å². The summed E-state index contributed by atoms with van der Waals surface area (Å²) in [6.07, 6.45) is 5.14. The quantitative estimate of drug-likeness (QED) is 0.629. The molecule has 4 rings (SSSR count). The van der Waals surface area contributed by atoms with Gasteiger partial charge in [0.25, 0.3) is 0 Å². The van der Waals surface area contributed by atoms with Gasteiger partial charge in [0.05, 0.1) is 23.9 Å². The molecule has 1 fully saturated rings. The van der Waals surface area contributed by atoms with Crippen LogP contribution in [0.5, 0.6) is 0 Å². The van der Waals surface area contributed by atoms with Crippen molar-refractivity contribution in [3.63, 3.8) is 0 Å². The van der Waals surface area contributed by atoms with Crippen LogP contribution in [-0.4, -0.2) is 63.5 Å². The average molecular weight is 381 g/mol. The van der Waals surface area contributed by atoms with Gasteiger partial charge < -0.3 is 14.5 Å². The van der Waals surface area contributed by atoms with Crippen molar-refractivity contribution in [3.05, 3.63) is 36.0 Å². The molecule has 0 spiro atoms. The third-order valence-electron chi connectivity index (χ3n) is 4.91. The van der Waals surface area contributed by atoms with Gasteiger partial charge in [0.1, 0.15) is 17.2 Å². The van der Waals surface area contributed by atoms with E-state index in [1.54, 1.807) is 30.2 Å². The molecule has 0 N–H and O–H groups in total. The fourth-order valence-corrected chi connectivity index (χ4v) is 3.56. The first kappa shape index (κ1) is 18.1. The highest BCUT2D eigenvalue weighted by atomic mass is 16.5. The second kappa shape index (κ2) is 7.41. The highest BCUT2D eigenvalue weighted by Gasteiger charge is 2.26. The number of esters is 1. The van der Waals surface area contributed by atoms with Gasteiger partial charge in [-0.3, -0.25) is 4.68 Å². The van der Waals surface area contributed by atoms with E-state index in [1.165, 1.54) is 0 Å². The molecule has 28 heavy (non-hydrogen) atoms. The van der Waals surface area contributed by atoms with Gasteiger partial charge in [0.2, 0.25) is 0 Å². The summed E-state index contributed by atoms with van der Waals surface area (Å²) in [7, 11) is 1.85. The second-order valence-corrected chi connectivity index (χ2v) is 6.68. The van der Waals surface area contributed by atoms with Crippen LogP contribution in [0.1, 0.15) is 23.1 Å². The van der Waals surface area contributed by atoms with Gasteiger partial charge in [-0.15, -0.1) is 0 Å². The molecule has 4 heterocycles. The number of piperazine rings is 1. The number of carbonyl (C=O) groups is 1. The van der Waals surface area contributed by atoms with Crippen molar-refractivity contribution in [2.75, 3.05) is 42.6 Å². The van der Waals surface area contributed by atoms with Gasteiger partial charge in [-0.1, -0.05) is 0 Å². The Hall–Kier alpha value is -3.23. The molecule has 3 aromatic heterocycles. The van der Waals surface area contributed by atoms with Crippen molar-refractivity contribution >= 4 is 28.5 Å². The van der Waals surface area contributed by atoms with Crippen molar-refractivity contribution in [3.8, 4) is 0 Å². The van der Waals surface area contributed by atoms with E-state index >= 15 is 0 Å². The smallest absolute Gasteiger partial charge is 0.341 e. The van der Waals surface area contributed by atoms with E-state index in [4.69, 9.17) is 4.74 Å². The van der Waals surface area contributed by atoms with E-state index in [9.17, 15) is 4.79 Å². The van der Waals surface area contributed by atoms with E-state index < -0.39 is 0 Å². The van der Waals surface area contributed by atoms with Crippen LogP contribution < -0.4 is 9.80 Å². The largest absolute Gasteiger partial charge is 0.462 e. The second-order valence-electron chi connectivity index (χ2n) is 6.68. The lowest BCUT2D eigenvalue weighted by molar-refractivity contribution is 0.0526. The Balaban J connectivity index is 1.65. The van der Waals surface area contributed by atoms with Crippen molar-refractivity contribution in [2.24, 2.45) is 7.05 Å². The minimum Gasteiger partial charge on any atom is -0.462 e. The molecule has 0 unspecified atom stereocenters. The molecule has 9 heteroatoms. The molecule has 0 saturated carbocycles. The molecule has 1 aliphatic heterocycles. The normalized spacial score (nSPS) is 14.5. The van der Waals surface area contributed by atoms with Crippen LogP contribution >= 0.6 is 0 Å². The number of fused-ring (bicyclic) bond motifs is 1. The minimum absolute atomic E-state index is 0.324. The summed E-state index contributed by atoms with van der Waals surface area (Å²) in [6.45, 7) is 7.11. The van der Waals surface area contributed by atoms with Gasteiger partial charge >= 0.3 is 5.97 Å². The number of anilines is 2. The number of pyridine rings is 1. The van der Waals surface area contributed by atoms with Gasteiger partial charge in [0.15, 0.2) is 5.65 Å². The number of aromatic nitrogens is 5. The van der Waals surface area contributed by atoms with Crippen LogP contribution in [0.25, 0.3) is 11.0 Å². The Morgan fingerprint density at radius 2 is 1.89 bits per heavy atom. The number of nitrogens with zero attached hydrogens (tertiary/aromatic N) is 7. The summed E-state index contributed by atoms with van der Waals surface area (Å²) in [6, 6.07) is 1.93. The van der Waals surface area contributed by atoms with E-state index in [0.717, 1.165) is 54.5 Å².